The molecule has 0 unspecified atom stereocenters. The van der Waals surface area contributed by atoms with Gasteiger partial charge in [-0.2, -0.15) is 0 Å². The maximum atomic E-state index is 5.24. The van der Waals surface area contributed by atoms with Crippen molar-refractivity contribution in [1.82, 2.24) is 10.2 Å². The van der Waals surface area contributed by atoms with Crippen LogP contribution in [0.2, 0.25) is 0 Å². The van der Waals surface area contributed by atoms with E-state index >= 15 is 0 Å². The van der Waals surface area contributed by atoms with Gasteiger partial charge in [-0.1, -0.05) is 12.1 Å². The van der Waals surface area contributed by atoms with E-state index in [-0.39, 0.29) is 5.54 Å². The quantitative estimate of drug-likeness (QED) is 0.766. The van der Waals surface area contributed by atoms with Gasteiger partial charge >= 0.3 is 0 Å². The molecule has 1 rings (SSSR count). The molecular weight excluding hydrogens is 236 g/mol. The lowest BCUT2D eigenvalue weighted by Gasteiger charge is -2.22. The SMILES string of the molecule is COc1cccc(CN(C)CCCNC(C)(C)C)c1. The predicted molar refractivity (Wildman–Crippen MR) is 81.7 cm³/mol. The fourth-order valence-electron chi connectivity index (χ4n) is 1.97. The summed E-state index contributed by atoms with van der Waals surface area (Å²) in [6.07, 6.45) is 1.16. The van der Waals surface area contributed by atoms with E-state index in [0.29, 0.717) is 0 Å². The van der Waals surface area contributed by atoms with E-state index in [1.807, 2.05) is 12.1 Å². The Kier molecular flexibility index (Phi) is 6.32. The summed E-state index contributed by atoms with van der Waals surface area (Å²) in [5.74, 6) is 0.931. The minimum Gasteiger partial charge on any atom is -0.497 e. The maximum Gasteiger partial charge on any atom is 0.119 e. The van der Waals surface area contributed by atoms with E-state index in [4.69, 9.17) is 4.74 Å². The monoisotopic (exact) mass is 264 g/mol. The molecule has 1 aromatic carbocycles. The number of rotatable bonds is 7. The summed E-state index contributed by atoms with van der Waals surface area (Å²) in [5.41, 5.74) is 1.51. The first-order valence-corrected chi connectivity index (χ1v) is 6.97. The fourth-order valence-corrected chi connectivity index (χ4v) is 1.97. The molecule has 0 aliphatic rings. The van der Waals surface area contributed by atoms with Crippen molar-refractivity contribution in [2.24, 2.45) is 0 Å². The number of benzene rings is 1. The summed E-state index contributed by atoms with van der Waals surface area (Å²) >= 11 is 0. The van der Waals surface area contributed by atoms with Crippen molar-refractivity contribution in [3.8, 4) is 5.75 Å². The van der Waals surface area contributed by atoms with Gasteiger partial charge in [-0.25, -0.2) is 0 Å². The minimum atomic E-state index is 0.214. The number of hydrogen-bond acceptors (Lipinski definition) is 3. The molecule has 1 N–H and O–H groups in total. The van der Waals surface area contributed by atoms with Gasteiger partial charge in [0.05, 0.1) is 7.11 Å². The molecule has 3 heteroatoms. The number of nitrogens with zero attached hydrogens (tertiary/aromatic N) is 1. The zero-order valence-corrected chi connectivity index (χ0v) is 13.0. The number of nitrogens with one attached hydrogen (secondary N) is 1. The first kappa shape index (κ1) is 16.0. The lowest BCUT2D eigenvalue weighted by atomic mass is 10.1. The molecule has 0 fully saturated rings. The summed E-state index contributed by atoms with van der Waals surface area (Å²) in [5, 5.41) is 3.51. The summed E-state index contributed by atoms with van der Waals surface area (Å²) in [6, 6.07) is 8.27. The smallest absolute Gasteiger partial charge is 0.119 e. The molecule has 0 aliphatic heterocycles. The minimum absolute atomic E-state index is 0.214. The van der Waals surface area contributed by atoms with Crippen molar-refractivity contribution < 1.29 is 4.74 Å². The van der Waals surface area contributed by atoms with Gasteiger partial charge in [-0.15, -0.1) is 0 Å². The second-order valence-corrected chi connectivity index (χ2v) is 6.12. The van der Waals surface area contributed by atoms with Crippen molar-refractivity contribution in [3.05, 3.63) is 29.8 Å². The Hall–Kier alpha value is -1.06. The summed E-state index contributed by atoms with van der Waals surface area (Å²) in [4.78, 5) is 2.35. The average Bonchev–Trinajstić information content (AvgIpc) is 2.34. The van der Waals surface area contributed by atoms with E-state index in [0.717, 1.165) is 31.8 Å². The zero-order chi connectivity index (χ0) is 14.3. The highest BCUT2D eigenvalue weighted by Crippen LogP contribution is 2.13. The van der Waals surface area contributed by atoms with Crippen LogP contribution >= 0.6 is 0 Å². The lowest BCUT2D eigenvalue weighted by Crippen LogP contribution is -2.37. The molecule has 0 aromatic heterocycles. The van der Waals surface area contributed by atoms with Crippen LogP contribution in [0.5, 0.6) is 5.75 Å². The van der Waals surface area contributed by atoms with Gasteiger partial charge in [0.2, 0.25) is 0 Å². The Morgan fingerprint density at radius 3 is 2.63 bits per heavy atom. The molecule has 108 valence electrons. The first-order chi connectivity index (χ1) is 8.90. The Labute approximate surface area is 118 Å². The van der Waals surface area contributed by atoms with Gasteiger partial charge in [-0.3, -0.25) is 0 Å². The lowest BCUT2D eigenvalue weighted by molar-refractivity contribution is 0.309. The maximum absolute atomic E-state index is 5.24. The molecule has 3 nitrogen and oxygen atoms in total. The van der Waals surface area contributed by atoms with Gasteiger partial charge < -0.3 is 15.0 Å². The highest BCUT2D eigenvalue weighted by molar-refractivity contribution is 5.28. The van der Waals surface area contributed by atoms with E-state index in [1.165, 1.54) is 5.56 Å². The van der Waals surface area contributed by atoms with E-state index in [9.17, 15) is 0 Å². The first-order valence-electron chi connectivity index (χ1n) is 6.97. The molecule has 19 heavy (non-hydrogen) atoms. The Morgan fingerprint density at radius 2 is 2.00 bits per heavy atom. The van der Waals surface area contributed by atoms with Gasteiger partial charge in [0.1, 0.15) is 5.75 Å². The molecule has 0 bridgehead atoms. The van der Waals surface area contributed by atoms with Gasteiger partial charge in [0.25, 0.3) is 0 Å². The predicted octanol–water partition coefficient (Wildman–Crippen LogP) is 2.91. The zero-order valence-electron chi connectivity index (χ0n) is 13.0. The molecule has 0 saturated heterocycles. The van der Waals surface area contributed by atoms with Crippen LogP contribution in [0.4, 0.5) is 0 Å². The Morgan fingerprint density at radius 1 is 1.26 bits per heavy atom. The summed E-state index contributed by atoms with van der Waals surface area (Å²) in [6.45, 7) is 9.73. The van der Waals surface area contributed by atoms with Crippen LogP contribution in [0.3, 0.4) is 0 Å². The highest BCUT2D eigenvalue weighted by atomic mass is 16.5. The van der Waals surface area contributed by atoms with Gasteiger partial charge in [0, 0.05) is 12.1 Å². The number of ether oxygens (including phenoxy) is 1. The van der Waals surface area contributed by atoms with Crippen LogP contribution in [0.1, 0.15) is 32.8 Å². The van der Waals surface area contributed by atoms with E-state index < -0.39 is 0 Å². The van der Waals surface area contributed by atoms with Crippen LogP contribution in [-0.4, -0.2) is 37.7 Å². The standard InChI is InChI=1S/C16H28N2O/c1-16(2,3)17-10-7-11-18(4)13-14-8-6-9-15(12-14)19-5/h6,8-9,12,17H,7,10-11,13H2,1-5H3. The van der Waals surface area contributed by atoms with Crippen molar-refractivity contribution in [2.45, 2.75) is 39.3 Å². The third kappa shape index (κ3) is 7.19. The van der Waals surface area contributed by atoms with Crippen molar-refractivity contribution >= 4 is 0 Å². The second-order valence-electron chi connectivity index (χ2n) is 6.12. The van der Waals surface area contributed by atoms with Crippen LogP contribution in [0.25, 0.3) is 0 Å². The summed E-state index contributed by atoms with van der Waals surface area (Å²) in [7, 11) is 3.87. The molecule has 0 spiro atoms. The van der Waals surface area contributed by atoms with Crippen LogP contribution in [0, 0.1) is 0 Å². The van der Waals surface area contributed by atoms with E-state index in [2.05, 4.69) is 50.2 Å². The van der Waals surface area contributed by atoms with Crippen LogP contribution < -0.4 is 10.1 Å². The number of methoxy groups -OCH3 is 1. The molecule has 0 aliphatic carbocycles. The third-order valence-corrected chi connectivity index (χ3v) is 2.96. The van der Waals surface area contributed by atoms with Crippen LogP contribution in [0.15, 0.2) is 24.3 Å². The molecular formula is C16H28N2O. The van der Waals surface area contributed by atoms with Crippen molar-refractivity contribution in [2.75, 3.05) is 27.2 Å². The normalized spacial score (nSPS) is 11.9. The Bertz CT molecular complexity index is 371. The fraction of sp³-hybridized carbons (Fsp3) is 0.625. The summed E-state index contributed by atoms with van der Waals surface area (Å²) < 4.78 is 5.24. The van der Waals surface area contributed by atoms with E-state index in [1.54, 1.807) is 7.11 Å². The molecule has 0 atom stereocenters. The Balaban J connectivity index is 2.28. The van der Waals surface area contributed by atoms with Crippen molar-refractivity contribution in [1.29, 1.82) is 0 Å². The largest absolute Gasteiger partial charge is 0.497 e. The second kappa shape index (κ2) is 7.51. The van der Waals surface area contributed by atoms with Crippen molar-refractivity contribution in [3.63, 3.8) is 0 Å². The van der Waals surface area contributed by atoms with Crippen LogP contribution in [-0.2, 0) is 6.54 Å². The average molecular weight is 264 g/mol. The molecule has 0 saturated carbocycles. The van der Waals surface area contributed by atoms with Gasteiger partial charge in [0.15, 0.2) is 0 Å². The molecule has 0 amide bonds. The molecule has 0 heterocycles. The topological polar surface area (TPSA) is 24.5 Å². The number of hydrogen-bond donors (Lipinski definition) is 1. The van der Waals surface area contributed by atoms with Gasteiger partial charge in [-0.05, 0) is 65.0 Å². The third-order valence-electron chi connectivity index (χ3n) is 2.96. The molecule has 0 radical (unpaired) electrons. The molecule has 1 aromatic rings. The highest BCUT2D eigenvalue weighted by Gasteiger charge is 2.08.